The molecule has 2 aromatic rings. The molecule has 0 unspecified atom stereocenters. The molecule has 0 aliphatic carbocycles. The van der Waals surface area contributed by atoms with Crippen LogP contribution in [0.2, 0.25) is 0 Å². The average Bonchev–Trinajstić information content (AvgIpc) is 2.54. The Kier molecular flexibility index (Phi) is 5.48. The number of thiocarbonyl (C=S) groups is 1. The van der Waals surface area contributed by atoms with Crippen LogP contribution in [0.3, 0.4) is 0 Å². The Morgan fingerprint density at radius 3 is 2.23 bits per heavy atom. The van der Waals surface area contributed by atoms with Crippen molar-refractivity contribution < 1.29 is 9.47 Å². The van der Waals surface area contributed by atoms with E-state index in [2.05, 4.69) is 51.8 Å². The predicted octanol–water partition coefficient (Wildman–Crippen LogP) is 2.29. The van der Waals surface area contributed by atoms with Gasteiger partial charge in [0.25, 0.3) is 0 Å². The van der Waals surface area contributed by atoms with E-state index < -0.39 is 0 Å². The Bertz CT molecular complexity index is 624. The number of aromatic nitrogens is 2. The molecule has 116 valence electrons. The highest BCUT2D eigenvalue weighted by molar-refractivity contribution is 7.80. The number of anilines is 1. The topological polar surface area (TPSA) is 68.3 Å². The van der Waals surface area contributed by atoms with E-state index in [1.165, 1.54) is 19.8 Å². The quantitative estimate of drug-likeness (QED) is 0.820. The summed E-state index contributed by atoms with van der Waals surface area (Å²) in [4.78, 5) is 8.31. The lowest BCUT2D eigenvalue weighted by Gasteiger charge is -2.11. The molecule has 2 N–H and O–H groups in total. The molecule has 0 spiro atoms. The van der Waals surface area contributed by atoms with E-state index in [-0.39, 0.29) is 0 Å². The van der Waals surface area contributed by atoms with Crippen LogP contribution < -0.4 is 20.1 Å². The van der Waals surface area contributed by atoms with Gasteiger partial charge in [-0.2, -0.15) is 9.97 Å². The van der Waals surface area contributed by atoms with Crippen LogP contribution >= 0.6 is 12.2 Å². The first kappa shape index (κ1) is 16.0. The number of hydrogen-bond acceptors (Lipinski definition) is 5. The maximum Gasteiger partial charge on any atom is 0.235 e. The number of ether oxygens (including phenoxy) is 2. The van der Waals surface area contributed by atoms with Crippen LogP contribution in [0.25, 0.3) is 0 Å². The minimum Gasteiger partial charge on any atom is -0.481 e. The Morgan fingerprint density at radius 1 is 1.09 bits per heavy atom. The molecule has 7 heteroatoms. The normalized spacial score (nSPS) is 9.95. The van der Waals surface area contributed by atoms with E-state index in [1.54, 1.807) is 6.07 Å². The highest BCUT2D eigenvalue weighted by atomic mass is 32.1. The van der Waals surface area contributed by atoms with Crippen molar-refractivity contribution in [1.82, 2.24) is 15.3 Å². The molecule has 1 heterocycles. The summed E-state index contributed by atoms with van der Waals surface area (Å²) < 4.78 is 10.2. The molecule has 0 aliphatic heterocycles. The first-order valence-electron chi connectivity index (χ1n) is 6.68. The van der Waals surface area contributed by atoms with Gasteiger partial charge >= 0.3 is 0 Å². The number of benzene rings is 1. The molecule has 0 saturated heterocycles. The molecule has 0 aliphatic rings. The van der Waals surface area contributed by atoms with Crippen molar-refractivity contribution >= 4 is 23.3 Å². The molecule has 0 fully saturated rings. The minimum absolute atomic E-state index is 0.317. The Labute approximate surface area is 134 Å². The fraction of sp³-hybridized carbons (Fsp3) is 0.267. The van der Waals surface area contributed by atoms with Crippen molar-refractivity contribution in [2.24, 2.45) is 0 Å². The standard InChI is InChI=1S/C15H18N4O2S/c1-10-4-6-11(7-5-10)9-16-15(22)19-14-17-12(20-2)8-13(18-14)21-3/h4-8H,9H2,1-3H3,(H2,16,17,18,19,22). The smallest absolute Gasteiger partial charge is 0.235 e. The second-order valence-corrected chi connectivity index (χ2v) is 4.98. The van der Waals surface area contributed by atoms with E-state index in [9.17, 15) is 0 Å². The summed E-state index contributed by atoms with van der Waals surface area (Å²) in [6.45, 7) is 2.67. The molecular formula is C15H18N4O2S. The number of hydrogen-bond donors (Lipinski definition) is 2. The molecule has 0 amide bonds. The molecule has 22 heavy (non-hydrogen) atoms. The summed E-state index contributed by atoms with van der Waals surface area (Å²) in [5, 5.41) is 6.44. The highest BCUT2D eigenvalue weighted by Crippen LogP contribution is 2.17. The maximum atomic E-state index is 5.24. The van der Waals surface area contributed by atoms with Crippen molar-refractivity contribution in [3.8, 4) is 11.8 Å². The van der Waals surface area contributed by atoms with Gasteiger partial charge in [0.2, 0.25) is 17.7 Å². The molecule has 0 radical (unpaired) electrons. The first-order valence-corrected chi connectivity index (χ1v) is 7.09. The first-order chi connectivity index (χ1) is 10.6. The second kappa shape index (κ2) is 7.56. The Hall–Kier alpha value is -2.41. The molecule has 0 saturated carbocycles. The number of rotatable bonds is 5. The third-order valence-electron chi connectivity index (χ3n) is 2.90. The average molecular weight is 318 g/mol. The molecule has 0 atom stereocenters. The van der Waals surface area contributed by atoms with Gasteiger partial charge in [-0.3, -0.25) is 0 Å². The van der Waals surface area contributed by atoms with Gasteiger partial charge in [-0.1, -0.05) is 29.8 Å². The minimum atomic E-state index is 0.317. The van der Waals surface area contributed by atoms with Crippen molar-refractivity contribution in [2.75, 3.05) is 19.5 Å². The predicted molar refractivity (Wildman–Crippen MR) is 89.4 cm³/mol. The summed E-state index contributed by atoms with van der Waals surface area (Å²) in [5.74, 6) is 1.11. The summed E-state index contributed by atoms with van der Waals surface area (Å²) in [5.41, 5.74) is 2.36. The molecule has 1 aromatic carbocycles. The van der Waals surface area contributed by atoms with E-state index in [4.69, 9.17) is 21.7 Å². The lowest BCUT2D eigenvalue weighted by molar-refractivity contribution is 0.373. The summed E-state index contributed by atoms with van der Waals surface area (Å²) in [6, 6.07) is 9.81. The van der Waals surface area contributed by atoms with Gasteiger partial charge in [-0.25, -0.2) is 0 Å². The number of methoxy groups -OCH3 is 2. The second-order valence-electron chi connectivity index (χ2n) is 4.57. The number of aryl methyl sites for hydroxylation is 1. The van der Waals surface area contributed by atoms with Crippen LogP contribution in [-0.4, -0.2) is 29.3 Å². The van der Waals surface area contributed by atoms with Gasteiger partial charge in [0.1, 0.15) is 0 Å². The number of nitrogens with zero attached hydrogens (tertiary/aromatic N) is 2. The van der Waals surface area contributed by atoms with Gasteiger partial charge in [-0.15, -0.1) is 0 Å². The van der Waals surface area contributed by atoms with Gasteiger partial charge in [0, 0.05) is 6.54 Å². The van der Waals surface area contributed by atoms with Crippen molar-refractivity contribution in [3.05, 3.63) is 41.5 Å². The van der Waals surface area contributed by atoms with Crippen LogP contribution in [0.1, 0.15) is 11.1 Å². The lowest BCUT2D eigenvalue weighted by Crippen LogP contribution is -2.28. The fourth-order valence-electron chi connectivity index (χ4n) is 1.70. The highest BCUT2D eigenvalue weighted by Gasteiger charge is 2.06. The molecule has 6 nitrogen and oxygen atoms in total. The number of nitrogens with one attached hydrogen (secondary N) is 2. The van der Waals surface area contributed by atoms with Gasteiger partial charge in [0.15, 0.2) is 5.11 Å². The van der Waals surface area contributed by atoms with Crippen molar-refractivity contribution in [3.63, 3.8) is 0 Å². The van der Waals surface area contributed by atoms with E-state index >= 15 is 0 Å². The van der Waals surface area contributed by atoms with Crippen LogP contribution in [-0.2, 0) is 6.54 Å². The summed E-state index contributed by atoms with van der Waals surface area (Å²) in [6.07, 6.45) is 0. The summed E-state index contributed by atoms with van der Waals surface area (Å²) >= 11 is 5.24. The van der Waals surface area contributed by atoms with Gasteiger partial charge in [-0.05, 0) is 24.7 Å². The van der Waals surface area contributed by atoms with Gasteiger partial charge in [0.05, 0.1) is 20.3 Å². The van der Waals surface area contributed by atoms with Gasteiger partial charge < -0.3 is 20.1 Å². The monoisotopic (exact) mass is 318 g/mol. The van der Waals surface area contributed by atoms with E-state index in [1.807, 2.05) is 0 Å². The Morgan fingerprint density at radius 2 is 1.68 bits per heavy atom. The molecule has 1 aromatic heterocycles. The largest absolute Gasteiger partial charge is 0.481 e. The molecule has 0 bridgehead atoms. The van der Waals surface area contributed by atoms with E-state index in [0.29, 0.717) is 29.4 Å². The molecule has 2 rings (SSSR count). The third-order valence-corrected chi connectivity index (χ3v) is 3.14. The van der Waals surface area contributed by atoms with Crippen LogP contribution in [0.15, 0.2) is 30.3 Å². The third kappa shape index (κ3) is 4.56. The van der Waals surface area contributed by atoms with Crippen LogP contribution in [0.4, 0.5) is 5.95 Å². The zero-order valence-corrected chi connectivity index (χ0v) is 13.5. The van der Waals surface area contributed by atoms with Crippen LogP contribution in [0, 0.1) is 6.92 Å². The maximum absolute atomic E-state index is 5.24. The Balaban J connectivity index is 1.95. The lowest BCUT2D eigenvalue weighted by atomic mass is 10.1. The zero-order chi connectivity index (χ0) is 15.9. The molecular weight excluding hydrogens is 300 g/mol. The van der Waals surface area contributed by atoms with Crippen molar-refractivity contribution in [1.29, 1.82) is 0 Å². The summed E-state index contributed by atoms with van der Waals surface area (Å²) in [7, 11) is 3.05. The zero-order valence-electron chi connectivity index (χ0n) is 12.7. The fourth-order valence-corrected chi connectivity index (χ4v) is 1.87. The van der Waals surface area contributed by atoms with Crippen LogP contribution in [0.5, 0.6) is 11.8 Å². The van der Waals surface area contributed by atoms with E-state index in [0.717, 1.165) is 5.56 Å². The SMILES string of the molecule is COc1cc(OC)nc(NC(=S)NCc2ccc(C)cc2)n1. The van der Waals surface area contributed by atoms with Crippen molar-refractivity contribution in [2.45, 2.75) is 13.5 Å².